The molecule has 0 aromatic heterocycles. The predicted octanol–water partition coefficient (Wildman–Crippen LogP) is 6.34. The number of benzene rings is 4. The van der Waals surface area contributed by atoms with Gasteiger partial charge in [0, 0.05) is 22.4 Å². The van der Waals surface area contributed by atoms with Crippen LogP contribution in [-0.2, 0) is 10.1 Å². The van der Waals surface area contributed by atoms with Crippen LogP contribution in [0.4, 0.5) is 25.8 Å². The normalized spacial score (nSPS) is 12.0. The molecule has 0 saturated carbocycles. The number of nitrogens with two attached hydrogens (primary N) is 1. The van der Waals surface area contributed by atoms with Crippen molar-refractivity contribution in [2.24, 2.45) is 10.2 Å². The Morgan fingerprint density at radius 3 is 2.22 bits per heavy atom. The van der Waals surface area contributed by atoms with Gasteiger partial charge in [0.15, 0.2) is 0 Å². The van der Waals surface area contributed by atoms with Crippen molar-refractivity contribution in [1.29, 1.82) is 0 Å². The van der Waals surface area contributed by atoms with Crippen LogP contribution in [0.3, 0.4) is 0 Å². The van der Waals surface area contributed by atoms with Gasteiger partial charge >= 0.3 is 0 Å². The quantitative estimate of drug-likeness (QED) is 0.214. The summed E-state index contributed by atoms with van der Waals surface area (Å²) in [5.74, 6) is -0.990. The van der Waals surface area contributed by atoms with Crippen molar-refractivity contribution in [3.63, 3.8) is 0 Å². The molecule has 0 heterocycles. The second-order valence-corrected chi connectivity index (χ2v) is 8.54. The van der Waals surface area contributed by atoms with E-state index in [9.17, 15) is 21.8 Å². The lowest BCUT2D eigenvalue weighted by molar-refractivity contribution is 0.484. The van der Waals surface area contributed by atoms with E-state index in [2.05, 4.69) is 10.2 Å². The number of nitrogen functional groups attached to an aromatic ring is 1. The summed E-state index contributed by atoms with van der Waals surface area (Å²) in [7, 11) is -4.55. The number of nitrogens with zero attached hydrogens (tertiary/aromatic N) is 2. The molecular formula is C23H17F2N3O3S. The number of rotatable bonds is 4. The Balaban J connectivity index is 1.75. The fourth-order valence-corrected chi connectivity index (χ4v) is 4.19. The highest BCUT2D eigenvalue weighted by atomic mass is 32.2. The first-order valence-corrected chi connectivity index (χ1v) is 10.9. The van der Waals surface area contributed by atoms with Gasteiger partial charge in [-0.1, -0.05) is 30.3 Å². The van der Waals surface area contributed by atoms with Gasteiger partial charge in [-0.2, -0.15) is 13.5 Å². The van der Waals surface area contributed by atoms with E-state index in [0.717, 1.165) is 12.1 Å². The topological polar surface area (TPSA) is 105 Å². The molecule has 0 aliphatic heterocycles. The third-order valence-corrected chi connectivity index (χ3v) is 5.90. The van der Waals surface area contributed by atoms with Gasteiger partial charge in [0.2, 0.25) is 0 Å². The molecule has 0 aliphatic rings. The lowest BCUT2D eigenvalue weighted by Crippen LogP contribution is -2.01. The van der Waals surface area contributed by atoms with E-state index >= 15 is 0 Å². The van der Waals surface area contributed by atoms with Gasteiger partial charge in [-0.3, -0.25) is 4.55 Å². The summed E-state index contributed by atoms with van der Waals surface area (Å²) in [5.41, 5.74) is 7.86. The fourth-order valence-electron chi connectivity index (χ4n) is 3.47. The van der Waals surface area contributed by atoms with E-state index < -0.39 is 21.8 Å². The van der Waals surface area contributed by atoms with E-state index in [4.69, 9.17) is 5.73 Å². The highest BCUT2D eigenvalue weighted by Gasteiger charge is 2.18. The van der Waals surface area contributed by atoms with Gasteiger partial charge in [0.25, 0.3) is 10.1 Å². The molecule has 0 atom stereocenters. The van der Waals surface area contributed by atoms with Crippen molar-refractivity contribution in [3.05, 3.63) is 83.9 Å². The predicted molar refractivity (Wildman–Crippen MR) is 119 cm³/mol. The minimum Gasteiger partial charge on any atom is -0.396 e. The van der Waals surface area contributed by atoms with Crippen LogP contribution in [0.1, 0.15) is 5.56 Å². The summed E-state index contributed by atoms with van der Waals surface area (Å²) < 4.78 is 61.3. The van der Waals surface area contributed by atoms with E-state index in [0.29, 0.717) is 16.5 Å². The molecule has 0 unspecified atom stereocenters. The van der Waals surface area contributed by atoms with Gasteiger partial charge in [-0.25, -0.2) is 8.78 Å². The number of fused-ring (bicyclic) bond motifs is 1. The summed E-state index contributed by atoms with van der Waals surface area (Å²) in [6, 6.07) is 15.7. The zero-order valence-corrected chi connectivity index (χ0v) is 17.6. The molecule has 0 amide bonds. The molecule has 4 aromatic carbocycles. The summed E-state index contributed by atoms with van der Waals surface area (Å²) >= 11 is 0. The standard InChI is InChI=1S/C23H17F2N3O3S/c1-13-10-14(24)6-8-16(13)17-9-7-15(11-20(17)25)27-28-21-12-22(32(29,30)31)18-4-2-3-5-19(18)23(21)26/h2-12H,26H2,1H3,(H,29,30,31). The Kier molecular flexibility index (Phi) is 5.45. The maximum absolute atomic E-state index is 14.7. The monoisotopic (exact) mass is 453 g/mol. The number of anilines is 1. The molecule has 4 rings (SSSR count). The van der Waals surface area contributed by atoms with E-state index in [1.54, 1.807) is 25.1 Å². The molecule has 0 radical (unpaired) electrons. The second-order valence-electron chi connectivity index (χ2n) is 7.15. The first kappa shape index (κ1) is 21.5. The Morgan fingerprint density at radius 2 is 1.56 bits per heavy atom. The Morgan fingerprint density at radius 1 is 0.875 bits per heavy atom. The van der Waals surface area contributed by atoms with E-state index in [1.165, 1.54) is 36.4 Å². The zero-order chi connectivity index (χ0) is 23.0. The summed E-state index contributed by atoms with van der Waals surface area (Å²) in [4.78, 5) is -0.357. The van der Waals surface area contributed by atoms with Crippen LogP contribution in [0.25, 0.3) is 21.9 Å². The van der Waals surface area contributed by atoms with Crippen molar-refractivity contribution in [1.82, 2.24) is 0 Å². The molecule has 9 heteroatoms. The molecule has 0 fully saturated rings. The van der Waals surface area contributed by atoms with E-state index in [1.807, 2.05) is 0 Å². The van der Waals surface area contributed by atoms with Crippen LogP contribution < -0.4 is 5.73 Å². The highest BCUT2D eigenvalue weighted by molar-refractivity contribution is 7.86. The molecule has 0 spiro atoms. The van der Waals surface area contributed by atoms with E-state index in [-0.39, 0.29) is 32.9 Å². The average Bonchev–Trinajstić information content (AvgIpc) is 2.73. The fraction of sp³-hybridized carbons (Fsp3) is 0.0435. The lowest BCUT2D eigenvalue weighted by atomic mass is 10.00. The molecule has 0 aliphatic carbocycles. The van der Waals surface area contributed by atoms with Crippen LogP contribution in [0.2, 0.25) is 0 Å². The molecule has 0 bridgehead atoms. The highest BCUT2D eigenvalue weighted by Crippen LogP contribution is 2.37. The zero-order valence-electron chi connectivity index (χ0n) is 16.8. The molecule has 4 aromatic rings. The summed E-state index contributed by atoms with van der Waals surface area (Å²) in [6.07, 6.45) is 0. The van der Waals surface area contributed by atoms with Crippen molar-refractivity contribution in [2.75, 3.05) is 5.73 Å². The van der Waals surface area contributed by atoms with Crippen LogP contribution in [0, 0.1) is 18.6 Å². The Labute approximate surface area is 182 Å². The largest absolute Gasteiger partial charge is 0.396 e. The molecule has 3 N–H and O–H groups in total. The maximum atomic E-state index is 14.7. The number of halogens is 2. The SMILES string of the molecule is Cc1cc(F)ccc1-c1ccc(N=Nc2cc(S(=O)(=O)O)c3ccccc3c2N)cc1F. The maximum Gasteiger partial charge on any atom is 0.295 e. The van der Waals surface area contributed by atoms with Crippen LogP contribution in [0.5, 0.6) is 0 Å². The van der Waals surface area contributed by atoms with Crippen LogP contribution in [0.15, 0.2) is 81.9 Å². The number of hydrogen-bond donors (Lipinski definition) is 2. The summed E-state index contributed by atoms with van der Waals surface area (Å²) in [5, 5.41) is 8.58. The van der Waals surface area contributed by atoms with Crippen molar-refractivity contribution < 1.29 is 21.8 Å². The molecular weight excluding hydrogens is 436 g/mol. The minimum atomic E-state index is -4.55. The van der Waals surface area contributed by atoms with Gasteiger partial charge < -0.3 is 5.73 Å². The third-order valence-electron chi connectivity index (χ3n) is 5.01. The second kappa shape index (κ2) is 8.10. The first-order valence-electron chi connectivity index (χ1n) is 9.41. The van der Waals surface area contributed by atoms with Crippen molar-refractivity contribution in [2.45, 2.75) is 11.8 Å². The molecule has 6 nitrogen and oxygen atoms in total. The van der Waals surface area contributed by atoms with Gasteiger partial charge in [-0.15, -0.1) is 5.11 Å². The van der Waals surface area contributed by atoms with Gasteiger partial charge in [-0.05, 0) is 48.4 Å². The Hall–Kier alpha value is -3.69. The van der Waals surface area contributed by atoms with Crippen molar-refractivity contribution >= 4 is 38.0 Å². The third kappa shape index (κ3) is 4.08. The minimum absolute atomic E-state index is 0.00943. The first-order chi connectivity index (χ1) is 15.1. The number of azo groups is 1. The van der Waals surface area contributed by atoms with Crippen molar-refractivity contribution in [3.8, 4) is 11.1 Å². The number of aryl methyl sites for hydroxylation is 1. The Bertz CT molecular complexity index is 1500. The van der Waals surface area contributed by atoms with Gasteiger partial charge in [0.1, 0.15) is 22.2 Å². The molecule has 162 valence electrons. The lowest BCUT2D eigenvalue weighted by Gasteiger charge is -2.09. The van der Waals surface area contributed by atoms with Crippen LogP contribution >= 0.6 is 0 Å². The molecule has 32 heavy (non-hydrogen) atoms. The van der Waals surface area contributed by atoms with Crippen LogP contribution in [-0.4, -0.2) is 13.0 Å². The molecule has 0 saturated heterocycles. The van der Waals surface area contributed by atoms with Gasteiger partial charge in [0.05, 0.1) is 11.4 Å². The number of hydrogen-bond acceptors (Lipinski definition) is 5. The average molecular weight is 453 g/mol. The smallest absolute Gasteiger partial charge is 0.295 e. The summed E-state index contributed by atoms with van der Waals surface area (Å²) in [6.45, 7) is 1.68.